The van der Waals surface area contributed by atoms with E-state index in [2.05, 4.69) is 23.6 Å². The number of piperidine rings is 1. The van der Waals surface area contributed by atoms with E-state index in [1.54, 1.807) is 11.3 Å². The summed E-state index contributed by atoms with van der Waals surface area (Å²) in [5, 5.41) is 0. The van der Waals surface area contributed by atoms with Crippen LogP contribution in [0.1, 0.15) is 54.4 Å². The summed E-state index contributed by atoms with van der Waals surface area (Å²) < 4.78 is 8.61. The molecule has 2 aromatic heterocycles. The van der Waals surface area contributed by atoms with Crippen LogP contribution in [0.15, 0.2) is 12.1 Å². The first kappa shape index (κ1) is 18.5. The molecular weight excluding hydrogens is 360 g/mol. The zero-order valence-electron chi connectivity index (χ0n) is 16.2. The van der Waals surface area contributed by atoms with Crippen molar-refractivity contribution in [1.29, 1.82) is 0 Å². The van der Waals surface area contributed by atoms with Crippen LogP contribution in [0.3, 0.4) is 0 Å². The highest BCUT2D eigenvalue weighted by molar-refractivity contribution is 7.19. The van der Waals surface area contributed by atoms with Gasteiger partial charge in [-0.25, -0.2) is 0 Å². The number of hydrogen-bond acceptors (Lipinski definition) is 4. The van der Waals surface area contributed by atoms with E-state index in [-0.39, 0.29) is 17.8 Å². The second kappa shape index (κ2) is 7.66. The fourth-order valence-electron chi connectivity index (χ4n) is 4.25. The molecule has 1 aliphatic carbocycles. The van der Waals surface area contributed by atoms with E-state index in [1.165, 1.54) is 34.4 Å². The van der Waals surface area contributed by atoms with Gasteiger partial charge in [-0.3, -0.25) is 9.59 Å². The van der Waals surface area contributed by atoms with Crippen LogP contribution in [0.5, 0.6) is 0 Å². The zero-order chi connectivity index (χ0) is 19.0. The summed E-state index contributed by atoms with van der Waals surface area (Å²) in [5.74, 6) is 0.378. The maximum Gasteiger partial charge on any atom is 0.310 e. The van der Waals surface area contributed by atoms with E-state index >= 15 is 0 Å². The highest BCUT2D eigenvalue weighted by Gasteiger charge is 2.32. The molecule has 2 aromatic rings. The number of nitrogens with zero attached hydrogens (tertiary/aromatic N) is 2. The first-order valence-corrected chi connectivity index (χ1v) is 10.9. The minimum Gasteiger partial charge on any atom is -0.466 e. The molecule has 3 heterocycles. The first-order chi connectivity index (χ1) is 13.1. The van der Waals surface area contributed by atoms with Crippen LogP contribution in [0.4, 0.5) is 0 Å². The van der Waals surface area contributed by atoms with E-state index < -0.39 is 0 Å². The highest BCUT2D eigenvalue weighted by Crippen LogP contribution is 2.34. The predicted molar refractivity (Wildman–Crippen MR) is 107 cm³/mol. The zero-order valence-corrected chi connectivity index (χ0v) is 17.0. The smallest absolute Gasteiger partial charge is 0.310 e. The number of aromatic nitrogens is 1. The van der Waals surface area contributed by atoms with Crippen molar-refractivity contribution in [3.05, 3.63) is 22.7 Å². The van der Waals surface area contributed by atoms with Crippen molar-refractivity contribution in [2.24, 2.45) is 11.8 Å². The van der Waals surface area contributed by atoms with Crippen molar-refractivity contribution in [2.45, 2.75) is 52.5 Å². The average Bonchev–Trinajstić information content (AvgIpc) is 3.14. The monoisotopic (exact) mass is 388 g/mol. The normalized spacial score (nSPS) is 20.7. The van der Waals surface area contributed by atoms with Gasteiger partial charge in [0.2, 0.25) is 0 Å². The van der Waals surface area contributed by atoms with Crippen LogP contribution < -0.4 is 0 Å². The summed E-state index contributed by atoms with van der Waals surface area (Å²) >= 11 is 1.75. The topological polar surface area (TPSA) is 51.5 Å². The molecule has 1 aliphatic heterocycles. The van der Waals surface area contributed by atoms with Crippen LogP contribution >= 0.6 is 11.3 Å². The molecule has 1 unspecified atom stereocenters. The second-order valence-electron chi connectivity index (χ2n) is 7.89. The highest BCUT2D eigenvalue weighted by atomic mass is 32.1. The molecule has 0 spiro atoms. The summed E-state index contributed by atoms with van der Waals surface area (Å²) in [5.41, 5.74) is 1.97. The molecular formula is C21H28N2O3S. The lowest BCUT2D eigenvalue weighted by Crippen LogP contribution is -2.43. The van der Waals surface area contributed by atoms with Gasteiger partial charge in [0.25, 0.3) is 5.91 Å². The summed E-state index contributed by atoms with van der Waals surface area (Å²) in [6.45, 7) is 6.45. The number of rotatable bonds is 5. The van der Waals surface area contributed by atoms with Crippen molar-refractivity contribution >= 4 is 33.4 Å². The van der Waals surface area contributed by atoms with Gasteiger partial charge in [0.1, 0.15) is 5.69 Å². The van der Waals surface area contributed by atoms with E-state index in [0.29, 0.717) is 19.1 Å². The van der Waals surface area contributed by atoms with Gasteiger partial charge in [-0.1, -0.05) is 6.42 Å². The molecule has 2 fully saturated rings. The van der Waals surface area contributed by atoms with Crippen LogP contribution in [0.25, 0.3) is 10.2 Å². The van der Waals surface area contributed by atoms with Crippen molar-refractivity contribution in [1.82, 2.24) is 9.47 Å². The predicted octanol–water partition coefficient (Wildman–Crippen LogP) is 4.23. The van der Waals surface area contributed by atoms with E-state index in [1.807, 2.05) is 11.8 Å². The van der Waals surface area contributed by atoms with Crippen LogP contribution in [0.2, 0.25) is 0 Å². The molecule has 0 radical (unpaired) electrons. The van der Waals surface area contributed by atoms with Crippen LogP contribution in [-0.2, 0) is 16.1 Å². The second-order valence-corrected chi connectivity index (χ2v) is 9.17. The molecule has 0 N–H and O–H groups in total. The van der Waals surface area contributed by atoms with E-state index in [4.69, 9.17) is 4.74 Å². The Morgan fingerprint density at radius 2 is 2.04 bits per heavy atom. The molecule has 0 aromatic carbocycles. The largest absolute Gasteiger partial charge is 0.466 e. The molecule has 6 heteroatoms. The number of esters is 1. The van der Waals surface area contributed by atoms with Gasteiger partial charge in [0.15, 0.2) is 0 Å². The third kappa shape index (κ3) is 3.64. The number of thiophene rings is 1. The third-order valence-corrected chi connectivity index (χ3v) is 6.91. The number of hydrogen-bond donors (Lipinski definition) is 0. The average molecular weight is 389 g/mol. The molecule has 1 amide bonds. The fraction of sp³-hybridized carbons (Fsp3) is 0.619. The van der Waals surface area contributed by atoms with Gasteiger partial charge in [-0.2, -0.15) is 0 Å². The molecule has 4 rings (SSSR count). The Hall–Kier alpha value is -1.82. The van der Waals surface area contributed by atoms with Gasteiger partial charge in [-0.15, -0.1) is 11.3 Å². The van der Waals surface area contributed by atoms with E-state index in [9.17, 15) is 9.59 Å². The Balaban J connectivity index is 1.58. The molecule has 27 heavy (non-hydrogen) atoms. The number of carbonyl (C=O) groups is 2. The molecule has 1 atom stereocenters. The Morgan fingerprint density at radius 3 is 2.74 bits per heavy atom. The molecule has 0 bridgehead atoms. The van der Waals surface area contributed by atoms with Crippen LogP contribution in [0, 0.1) is 18.8 Å². The standard InChI is InChI=1S/C21H28N2O3S/c1-3-26-21(25)16-8-5-9-22(13-16)20(24)18-11-19-17(10-14(2)27-19)23(18)12-15-6-4-7-15/h10-11,15-16H,3-9,12-13H2,1-2H3. The summed E-state index contributed by atoms with van der Waals surface area (Å²) in [7, 11) is 0. The van der Waals surface area contributed by atoms with Gasteiger partial charge in [0, 0.05) is 24.5 Å². The maximum absolute atomic E-state index is 13.3. The number of amides is 1. The van der Waals surface area contributed by atoms with Crippen molar-refractivity contribution in [3.8, 4) is 0 Å². The summed E-state index contributed by atoms with van der Waals surface area (Å²) in [6, 6.07) is 4.26. The Morgan fingerprint density at radius 1 is 1.22 bits per heavy atom. The number of fused-ring (bicyclic) bond motifs is 1. The maximum atomic E-state index is 13.3. The summed E-state index contributed by atoms with van der Waals surface area (Å²) in [4.78, 5) is 28.6. The van der Waals surface area contributed by atoms with Gasteiger partial charge in [-0.05, 0) is 57.6 Å². The van der Waals surface area contributed by atoms with Crippen molar-refractivity contribution in [3.63, 3.8) is 0 Å². The minimum atomic E-state index is -0.193. The first-order valence-electron chi connectivity index (χ1n) is 10.1. The Bertz CT molecular complexity index is 849. The quantitative estimate of drug-likeness (QED) is 0.721. The number of aryl methyl sites for hydroxylation is 1. The molecule has 1 saturated carbocycles. The molecule has 2 aliphatic rings. The lowest BCUT2D eigenvalue weighted by molar-refractivity contribution is -0.149. The molecule has 5 nitrogen and oxygen atoms in total. The van der Waals surface area contributed by atoms with Crippen LogP contribution in [-0.4, -0.2) is 41.0 Å². The SMILES string of the molecule is CCOC(=O)C1CCCN(C(=O)c2cc3sc(C)cc3n2CC2CCC2)C1. The third-order valence-electron chi connectivity index (χ3n) is 5.93. The lowest BCUT2D eigenvalue weighted by Gasteiger charge is -2.32. The molecule has 1 saturated heterocycles. The van der Waals surface area contributed by atoms with Gasteiger partial charge < -0.3 is 14.2 Å². The lowest BCUT2D eigenvalue weighted by atomic mass is 9.85. The van der Waals surface area contributed by atoms with E-state index in [0.717, 1.165) is 31.6 Å². The summed E-state index contributed by atoms with van der Waals surface area (Å²) in [6.07, 6.45) is 5.47. The van der Waals surface area contributed by atoms with Gasteiger partial charge in [0.05, 0.1) is 22.7 Å². The molecule has 146 valence electrons. The van der Waals surface area contributed by atoms with Crippen molar-refractivity contribution < 1.29 is 14.3 Å². The number of carbonyl (C=O) groups excluding carboxylic acids is 2. The van der Waals surface area contributed by atoms with Crippen molar-refractivity contribution in [2.75, 3.05) is 19.7 Å². The number of likely N-dealkylation sites (tertiary alicyclic amines) is 1. The Kier molecular flexibility index (Phi) is 5.26. The Labute approximate surface area is 164 Å². The van der Waals surface area contributed by atoms with Gasteiger partial charge >= 0.3 is 5.97 Å². The number of ether oxygens (including phenoxy) is 1. The fourth-order valence-corrected chi connectivity index (χ4v) is 5.21. The minimum absolute atomic E-state index is 0.0596.